The van der Waals surface area contributed by atoms with Crippen molar-refractivity contribution in [2.45, 2.75) is 44.7 Å². The van der Waals surface area contributed by atoms with E-state index in [1.165, 1.54) is 12.8 Å². The molecule has 1 aromatic rings. The van der Waals surface area contributed by atoms with Gasteiger partial charge in [-0.05, 0) is 44.9 Å². The van der Waals surface area contributed by atoms with E-state index in [9.17, 15) is 5.11 Å². The average Bonchev–Trinajstić information content (AvgIpc) is 2.49. The predicted octanol–water partition coefficient (Wildman–Crippen LogP) is 2.10. The van der Waals surface area contributed by atoms with E-state index in [1.807, 2.05) is 13.2 Å². The minimum absolute atomic E-state index is 0.232. The third kappa shape index (κ3) is 3.25. The average molecular weight is 263 g/mol. The third-order valence-corrected chi connectivity index (χ3v) is 4.05. The van der Waals surface area contributed by atoms with Gasteiger partial charge < -0.3 is 15.3 Å². The molecule has 4 nitrogen and oxygen atoms in total. The molecule has 0 amide bonds. The monoisotopic (exact) mass is 263 g/mol. The van der Waals surface area contributed by atoms with Crippen LogP contribution < -0.4 is 10.2 Å². The van der Waals surface area contributed by atoms with Crippen molar-refractivity contribution < 1.29 is 5.11 Å². The van der Waals surface area contributed by atoms with E-state index < -0.39 is 0 Å². The zero-order valence-electron chi connectivity index (χ0n) is 12.0. The molecule has 2 N–H and O–H groups in total. The molecular weight excluding hydrogens is 238 g/mol. The second kappa shape index (κ2) is 6.87. The molecule has 106 valence electrons. The summed E-state index contributed by atoms with van der Waals surface area (Å²) in [4.78, 5) is 6.87. The second-order valence-corrected chi connectivity index (χ2v) is 5.22. The molecule has 2 rings (SSSR count). The van der Waals surface area contributed by atoms with Crippen LogP contribution in [-0.4, -0.2) is 36.3 Å². The minimum Gasteiger partial charge on any atom is -0.394 e. The van der Waals surface area contributed by atoms with E-state index in [0.717, 1.165) is 30.8 Å². The minimum atomic E-state index is 0.232. The number of anilines is 1. The number of rotatable bonds is 5. The van der Waals surface area contributed by atoms with Gasteiger partial charge in [0.05, 0.1) is 30.2 Å². The number of piperidine rings is 1. The molecule has 0 aromatic carbocycles. The SMILES string of the molecule is CCC(NC)c1ccc(N2CCCCC2CO)cn1. The molecule has 4 heteroatoms. The van der Waals surface area contributed by atoms with E-state index in [1.54, 1.807) is 0 Å². The molecule has 1 aromatic heterocycles. The van der Waals surface area contributed by atoms with Gasteiger partial charge in [0.1, 0.15) is 0 Å². The van der Waals surface area contributed by atoms with E-state index in [2.05, 4.69) is 34.3 Å². The molecule has 2 heterocycles. The van der Waals surface area contributed by atoms with E-state index in [4.69, 9.17) is 0 Å². The first-order valence-electron chi connectivity index (χ1n) is 7.30. The Morgan fingerprint density at radius 2 is 2.32 bits per heavy atom. The van der Waals surface area contributed by atoms with Gasteiger partial charge in [0.25, 0.3) is 0 Å². The Morgan fingerprint density at radius 3 is 2.89 bits per heavy atom. The number of hydrogen-bond acceptors (Lipinski definition) is 4. The Bertz CT molecular complexity index is 375. The number of aliphatic hydroxyl groups is 1. The summed E-state index contributed by atoms with van der Waals surface area (Å²) in [6.45, 7) is 3.41. The quantitative estimate of drug-likeness (QED) is 0.854. The summed E-state index contributed by atoms with van der Waals surface area (Å²) in [6.07, 6.45) is 6.47. The molecule has 1 fully saturated rings. The highest BCUT2D eigenvalue weighted by Gasteiger charge is 2.22. The van der Waals surface area contributed by atoms with Crippen molar-refractivity contribution >= 4 is 5.69 Å². The van der Waals surface area contributed by atoms with Crippen LogP contribution >= 0.6 is 0 Å². The fourth-order valence-corrected chi connectivity index (χ4v) is 2.86. The van der Waals surface area contributed by atoms with Gasteiger partial charge in [0.2, 0.25) is 0 Å². The predicted molar refractivity (Wildman–Crippen MR) is 78.4 cm³/mol. The van der Waals surface area contributed by atoms with Gasteiger partial charge in [0.15, 0.2) is 0 Å². The highest BCUT2D eigenvalue weighted by molar-refractivity contribution is 5.46. The van der Waals surface area contributed by atoms with Gasteiger partial charge >= 0.3 is 0 Å². The smallest absolute Gasteiger partial charge is 0.0635 e. The largest absolute Gasteiger partial charge is 0.394 e. The third-order valence-electron chi connectivity index (χ3n) is 4.05. The molecular formula is C15H25N3O. The lowest BCUT2D eigenvalue weighted by Crippen LogP contribution is -2.42. The maximum atomic E-state index is 9.47. The topological polar surface area (TPSA) is 48.4 Å². The highest BCUT2D eigenvalue weighted by Crippen LogP contribution is 2.25. The summed E-state index contributed by atoms with van der Waals surface area (Å²) in [7, 11) is 1.97. The molecule has 2 atom stereocenters. The fourth-order valence-electron chi connectivity index (χ4n) is 2.86. The molecule has 1 aliphatic heterocycles. The molecule has 0 saturated carbocycles. The van der Waals surface area contributed by atoms with Crippen LogP contribution in [0, 0.1) is 0 Å². The van der Waals surface area contributed by atoms with Crippen LogP contribution in [-0.2, 0) is 0 Å². The summed E-state index contributed by atoms with van der Waals surface area (Å²) in [6, 6.07) is 4.82. The molecule has 0 radical (unpaired) electrons. The van der Waals surface area contributed by atoms with Crippen molar-refractivity contribution in [2.75, 3.05) is 25.1 Å². The first-order valence-corrected chi connectivity index (χ1v) is 7.30. The van der Waals surface area contributed by atoms with E-state index in [0.29, 0.717) is 6.04 Å². The molecule has 1 aliphatic rings. The normalized spacial score (nSPS) is 21.4. The van der Waals surface area contributed by atoms with Crippen molar-refractivity contribution in [1.29, 1.82) is 0 Å². The zero-order valence-corrected chi connectivity index (χ0v) is 12.0. The number of aliphatic hydroxyl groups excluding tert-OH is 1. The molecule has 0 spiro atoms. The van der Waals surface area contributed by atoms with Crippen LogP contribution in [0.3, 0.4) is 0 Å². The zero-order chi connectivity index (χ0) is 13.7. The van der Waals surface area contributed by atoms with Crippen molar-refractivity contribution in [3.05, 3.63) is 24.0 Å². The van der Waals surface area contributed by atoms with Gasteiger partial charge in [0, 0.05) is 12.6 Å². The Labute approximate surface area is 115 Å². The molecule has 2 unspecified atom stereocenters. The molecule has 0 aliphatic carbocycles. The number of aromatic nitrogens is 1. The van der Waals surface area contributed by atoms with Crippen molar-refractivity contribution in [1.82, 2.24) is 10.3 Å². The maximum Gasteiger partial charge on any atom is 0.0635 e. The van der Waals surface area contributed by atoms with Gasteiger partial charge in [-0.25, -0.2) is 0 Å². The Kier molecular flexibility index (Phi) is 5.16. The molecule has 0 bridgehead atoms. The van der Waals surface area contributed by atoms with Gasteiger partial charge in [-0.15, -0.1) is 0 Å². The van der Waals surface area contributed by atoms with Crippen LogP contribution in [0.25, 0.3) is 0 Å². The standard InChI is InChI=1S/C15H25N3O/c1-3-14(16-2)15-8-7-12(10-17-15)18-9-5-4-6-13(18)11-19/h7-8,10,13-14,16,19H,3-6,9,11H2,1-2H3. The Hall–Kier alpha value is -1.13. The first-order chi connectivity index (χ1) is 9.30. The first kappa shape index (κ1) is 14.3. The van der Waals surface area contributed by atoms with Crippen LogP contribution in [0.4, 0.5) is 5.69 Å². The lowest BCUT2D eigenvalue weighted by molar-refractivity contribution is 0.240. The fraction of sp³-hybridized carbons (Fsp3) is 0.667. The number of hydrogen-bond donors (Lipinski definition) is 2. The summed E-state index contributed by atoms with van der Waals surface area (Å²) < 4.78 is 0. The van der Waals surface area contributed by atoms with E-state index in [-0.39, 0.29) is 12.6 Å². The summed E-state index contributed by atoms with van der Waals surface area (Å²) in [5.74, 6) is 0. The summed E-state index contributed by atoms with van der Waals surface area (Å²) in [5.41, 5.74) is 2.22. The van der Waals surface area contributed by atoms with Gasteiger partial charge in [-0.2, -0.15) is 0 Å². The number of nitrogens with one attached hydrogen (secondary N) is 1. The Morgan fingerprint density at radius 1 is 1.47 bits per heavy atom. The Balaban J connectivity index is 2.12. The van der Waals surface area contributed by atoms with Crippen molar-refractivity contribution in [2.24, 2.45) is 0 Å². The van der Waals surface area contributed by atoms with Gasteiger partial charge in [-0.1, -0.05) is 6.92 Å². The van der Waals surface area contributed by atoms with Crippen LogP contribution in [0.2, 0.25) is 0 Å². The van der Waals surface area contributed by atoms with Crippen LogP contribution in [0.5, 0.6) is 0 Å². The second-order valence-electron chi connectivity index (χ2n) is 5.22. The van der Waals surface area contributed by atoms with Crippen molar-refractivity contribution in [3.8, 4) is 0 Å². The highest BCUT2D eigenvalue weighted by atomic mass is 16.3. The van der Waals surface area contributed by atoms with Crippen molar-refractivity contribution in [3.63, 3.8) is 0 Å². The summed E-state index contributed by atoms with van der Waals surface area (Å²) >= 11 is 0. The molecule has 19 heavy (non-hydrogen) atoms. The summed E-state index contributed by atoms with van der Waals surface area (Å²) in [5, 5.41) is 12.7. The number of pyridine rings is 1. The number of nitrogens with zero attached hydrogens (tertiary/aromatic N) is 2. The van der Waals surface area contributed by atoms with Crippen LogP contribution in [0.15, 0.2) is 18.3 Å². The van der Waals surface area contributed by atoms with Gasteiger partial charge in [-0.3, -0.25) is 4.98 Å². The lowest BCUT2D eigenvalue weighted by atomic mass is 10.0. The molecule has 1 saturated heterocycles. The lowest BCUT2D eigenvalue weighted by Gasteiger charge is -2.36. The van der Waals surface area contributed by atoms with E-state index >= 15 is 0 Å². The van der Waals surface area contributed by atoms with Crippen LogP contribution in [0.1, 0.15) is 44.3 Å². The maximum absolute atomic E-state index is 9.47.